The Morgan fingerprint density at radius 3 is 2.67 bits per heavy atom. The van der Waals surface area contributed by atoms with Crippen molar-refractivity contribution in [3.8, 4) is 5.69 Å². The molecule has 0 spiro atoms. The van der Waals surface area contributed by atoms with Gasteiger partial charge in [0.25, 0.3) is 0 Å². The molecule has 0 aromatic carbocycles. The number of aromatic nitrogens is 4. The Morgan fingerprint density at radius 1 is 1.38 bits per heavy atom. The predicted molar refractivity (Wildman–Crippen MR) is 76.7 cm³/mol. The van der Waals surface area contributed by atoms with Crippen molar-refractivity contribution in [2.24, 2.45) is 0 Å². The number of rotatable bonds is 5. The molecule has 0 atom stereocenters. The normalized spacial score (nSPS) is 10.8. The van der Waals surface area contributed by atoms with E-state index in [9.17, 15) is 9.59 Å². The SMILES string of the molecule is CCn1cc(-n2c(C)c(CCC(=O)O)c(C)nc2=O)cn1. The largest absolute Gasteiger partial charge is 0.481 e. The van der Waals surface area contributed by atoms with Gasteiger partial charge in [0.15, 0.2) is 0 Å². The Hall–Kier alpha value is -2.44. The van der Waals surface area contributed by atoms with Crippen LogP contribution >= 0.6 is 0 Å². The fourth-order valence-electron chi connectivity index (χ4n) is 2.34. The molecular weight excluding hydrogens is 272 g/mol. The molecule has 7 nitrogen and oxygen atoms in total. The first kappa shape index (κ1) is 15.0. The molecule has 21 heavy (non-hydrogen) atoms. The van der Waals surface area contributed by atoms with Crippen molar-refractivity contribution >= 4 is 5.97 Å². The molecule has 0 unspecified atom stereocenters. The molecule has 0 aliphatic rings. The zero-order valence-corrected chi connectivity index (χ0v) is 12.3. The standard InChI is InChI=1S/C14H18N4O3/c1-4-17-8-11(7-15-17)18-10(3)12(5-6-13(19)20)9(2)16-14(18)21/h7-8H,4-6H2,1-3H3,(H,19,20). The molecule has 2 rings (SSSR count). The van der Waals surface area contributed by atoms with Gasteiger partial charge in [0.2, 0.25) is 0 Å². The summed E-state index contributed by atoms with van der Waals surface area (Å²) in [6.07, 6.45) is 3.74. The summed E-state index contributed by atoms with van der Waals surface area (Å²) in [6.45, 7) is 6.19. The molecule has 0 amide bonds. The highest BCUT2D eigenvalue weighted by Crippen LogP contribution is 2.15. The second-order valence-corrected chi connectivity index (χ2v) is 4.83. The van der Waals surface area contributed by atoms with E-state index in [1.807, 2.05) is 6.92 Å². The van der Waals surface area contributed by atoms with Crippen molar-refractivity contribution in [3.63, 3.8) is 0 Å². The monoisotopic (exact) mass is 290 g/mol. The zero-order valence-electron chi connectivity index (χ0n) is 12.3. The van der Waals surface area contributed by atoms with Gasteiger partial charge in [0.05, 0.1) is 11.9 Å². The van der Waals surface area contributed by atoms with Crippen molar-refractivity contribution < 1.29 is 9.90 Å². The number of hydrogen-bond donors (Lipinski definition) is 1. The summed E-state index contributed by atoms with van der Waals surface area (Å²) in [5.41, 5.74) is 2.35. The third-order valence-corrected chi connectivity index (χ3v) is 3.45. The fourth-order valence-corrected chi connectivity index (χ4v) is 2.34. The van der Waals surface area contributed by atoms with Crippen LogP contribution in [-0.4, -0.2) is 30.4 Å². The van der Waals surface area contributed by atoms with Crippen LogP contribution < -0.4 is 5.69 Å². The van der Waals surface area contributed by atoms with Crippen LogP contribution in [0.2, 0.25) is 0 Å². The van der Waals surface area contributed by atoms with Gasteiger partial charge >= 0.3 is 11.7 Å². The Bertz CT molecular complexity index is 730. The molecule has 2 aromatic rings. The number of nitrogens with zero attached hydrogens (tertiary/aromatic N) is 4. The van der Waals surface area contributed by atoms with Gasteiger partial charge in [-0.1, -0.05) is 0 Å². The van der Waals surface area contributed by atoms with E-state index in [0.717, 1.165) is 5.56 Å². The minimum absolute atomic E-state index is 0.00971. The number of aliphatic carboxylic acids is 1. The Kier molecular flexibility index (Phi) is 4.21. The molecule has 112 valence electrons. The van der Waals surface area contributed by atoms with E-state index in [0.29, 0.717) is 30.0 Å². The second kappa shape index (κ2) is 5.90. The lowest BCUT2D eigenvalue weighted by molar-refractivity contribution is -0.136. The third kappa shape index (κ3) is 3.01. The zero-order chi connectivity index (χ0) is 15.6. The van der Waals surface area contributed by atoms with Crippen LogP contribution in [0.15, 0.2) is 17.2 Å². The summed E-state index contributed by atoms with van der Waals surface area (Å²) in [6, 6.07) is 0. The summed E-state index contributed by atoms with van der Waals surface area (Å²) in [7, 11) is 0. The quantitative estimate of drug-likeness (QED) is 0.890. The lowest BCUT2D eigenvalue weighted by Gasteiger charge is -2.13. The van der Waals surface area contributed by atoms with Crippen molar-refractivity contribution in [1.29, 1.82) is 0 Å². The van der Waals surface area contributed by atoms with E-state index in [4.69, 9.17) is 5.11 Å². The highest BCUT2D eigenvalue weighted by Gasteiger charge is 2.14. The molecule has 0 aliphatic carbocycles. The molecule has 0 radical (unpaired) electrons. The molecule has 0 aliphatic heterocycles. The summed E-state index contributed by atoms with van der Waals surface area (Å²) in [4.78, 5) is 26.9. The van der Waals surface area contributed by atoms with Crippen LogP contribution in [-0.2, 0) is 17.8 Å². The van der Waals surface area contributed by atoms with Gasteiger partial charge in [0.1, 0.15) is 0 Å². The molecular formula is C14H18N4O3. The van der Waals surface area contributed by atoms with Crippen LogP contribution in [0.1, 0.15) is 30.3 Å². The highest BCUT2D eigenvalue weighted by molar-refractivity contribution is 5.67. The average molecular weight is 290 g/mol. The van der Waals surface area contributed by atoms with Gasteiger partial charge < -0.3 is 5.11 Å². The van der Waals surface area contributed by atoms with E-state index in [2.05, 4.69) is 10.1 Å². The maximum Gasteiger partial charge on any atom is 0.352 e. The van der Waals surface area contributed by atoms with Crippen molar-refractivity contribution in [2.45, 2.75) is 40.2 Å². The fraction of sp³-hybridized carbons (Fsp3) is 0.429. The number of hydrogen-bond acceptors (Lipinski definition) is 4. The number of aryl methyl sites for hydroxylation is 2. The lowest BCUT2D eigenvalue weighted by Crippen LogP contribution is -2.26. The molecule has 7 heteroatoms. The van der Waals surface area contributed by atoms with Crippen LogP contribution in [0.4, 0.5) is 0 Å². The average Bonchev–Trinajstić information content (AvgIpc) is 2.86. The third-order valence-electron chi connectivity index (χ3n) is 3.45. The molecule has 0 saturated carbocycles. The van der Waals surface area contributed by atoms with E-state index in [1.54, 1.807) is 30.9 Å². The summed E-state index contributed by atoms with van der Waals surface area (Å²) < 4.78 is 3.20. The topological polar surface area (TPSA) is 90.0 Å². The maximum atomic E-state index is 12.1. The first-order chi connectivity index (χ1) is 9.93. The first-order valence-electron chi connectivity index (χ1n) is 6.77. The minimum atomic E-state index is -0.870. The van der Waals surface area contributed by atoms with E-state index in [1.165, 1.54) is 4.57 Å². The molecule has 2 aromatic heterocycles. The highest BCUT2D eigenvalue weighted by atomic mass is 16.4. The van der Waals surface area contributed by atoms with Crippen LogP contribution in [0, 0.1) is 13.8 Å². The van der Waals surface area contributed by atoms with E-state index >= 15 is 0 Å². The van der Waals surface area contributed by atoms with Crippen LogP contribution in [0.3, 0.4) is 0 Å². The van der Waals surface area contributed by atoms with Crippen molar-refractivity contribution in [2.75, 3.05) is 0 Å². The minimum Gasteiger partial charge on any atom is -0.481 e. The molecule has 0 saturated heterocycles. The van der Waals surface area contributed by atoms with Crippen LogP contribution in [0.5, 0.6) is 0 Å². The Balaban J connectivity index is 2.53. The van der Waals surface area contributed by atoms with Gasteiger partial charge in [-0.25, -0.2) is 4.79 Å². The summed E-state index contributed by atoms with van der Waals surface area (Å²) in [5, 5.41) is 13.0. The summed E-state index contributed by atoms with van der Waals surface area (Å²) >= 11 is 0. The van der Waals surface area contributed by atoms with Crippen molar-refractivity contribution in [3.05, 3.63) is 39.8 Å². The Morgan fingerprint density at radius 2 is 2.10 bits per heavy atom. The van der Waals surface area contributed by atoms with Crippen LogP contribution in [0.25, 0.3) is 5.69 Å². The number of carbonyl (C=O) groups is 1. The molecule has 1 N–H and O–H groups in total. The van der Waals surface area contributed by atoms with Gasteiger partial charge in [-0.3, -0.25) is 14.0 Å². The van der Waals surface area contributed by atoms with Crippen molar-refractivity contribution in [1.82, 2.24) is 19.3 Å². The smallest absolute Gasteiger partial charge is 0.352 e. The first-order valence-corrected chi connectivity index (χ1v) is 6.77. The van der Waals surface area contributed by atoms with E-state index in [-0.39, 0.29) is 12.1 Å². The van der Waals surface area contributed by atoms with Gasteiger partial charge in [-0.15, -0.1) is 0 Å². The number of carboxylic acid groups (broad SMARTS) is 1. The van der Waals surface area contributed by atoms with Gasteiger partial charge in [0, 0.05) is 30.6 Å². The molecule has 0 fully saturated rings. The second-order valence-electron chi connectivity index (χ2n) is 4.83. The summed E-state index contributed by atoms with van der Waals surface area (Å²) in [5.74, 6) is -0.870. The molecule has 2 heterocycles. The predicted octanol–water partition coefficient (Wildman–Crippen LogP) is 1.08. The Labute approximate surface area is 121 Å². The number of carboxylic acids is 1. The van der Waals surface area contributed by atoms with Gasteiger partial charge in [-0.05, 0) is 32.8 Å². The molecule has 0 bridgehead atoms. The lowest BCUT2D eigenvalue weighted by atomic mass is 10.1. The maximum absolute atomic E-state index is 12.1. The van der Waals surface area contributed by atoms with E-state index < -0.39 is 5.97 Å². The van der Waals surface area contributed by atoms with Gasteiger partial charge in [-0.2, -0.15) is 10.1 Å².